The molecule has 0 aliphatic carbocycles. The highest BCUT2D eigenvalue weighted by Gasteiger charge is 2.30. The first-order valence-corrected chi connectivity index (χ1v) is 5.44. The molecular formula is C11H16N2O3. The van der Waals surface area contributed by atoms with Gasteiger partial charge in [0, 0.05) is 18.7 Å². The Labute approximate surface area is 93.8 Å². The van der Waals surface area contributed by atoms with Crippen molar-refractivity contribution in [2.45, 2.75) is 25.0 Å². The van der Waals surface area contributed by atoms with Crippen molar-refractivity contribution in [2.24, 2.45) is 5.73 Å². The maximum absolute atomic E-state index is 11.9. The fourth-order valence-electron chi connectivity index (χ4n) is 1.93. The van der Waals surface area contributed by atoms with E-state index in [-0.39, 0.29) is 5.91 Å². The molecule has 16 heavy (non-hydrogen) atoms. The van der Waals surface area contributed by atoms with Gasteiger partial charge in [-0.25, -0.2) is 0 Å². The highest BCUT2D eigenvalue weighted by atomic mass is 16.3. The van der Waals surface area contributed by atoms with Crippen LogP contribution >= 0.6 is 0 Å². The molecule has 1 fully saturated rings. The average Bonchev–Trinajstić information content (AvgIpc) is 2.97. The van der Waals surface area contributed by atoms with Crippen molar-refractivity contribution < 1.29 is 14.3 Å². The van der Waals surface area contributed by atoms with Crippen molar-refractivity contribution in [3.05, 3.63) is 24.2 Å². The summed E-state index contributed by atoms with van der Waals surface area (Å²) in [6, 6.07) is 0.706. The summed E-state index contributed by atoms with van der Waals surface area (Å²) in [6.45, 7) is 1.48. The lowest BCUT2D eigenvalue weighted by Crippen LogP contribution is -2.45. The van der Waals surface area contributed by atoms with Gasteiger partial charge in [0.25, 0.3) is 0 Å². The zero-order valence-corrected chi connectivity index (χ0v) is 9.00. The molecule has 2 heterocycles. The van der Waals surface area contributed by atoms with E-state index in [9.17, 15) is 9.90 Å². The summed E-state index contributed by atoms with van der Waals surface area (Å²) in [5.41, 5.74) is 6.29. The highest BCUT2D eigenvalue weighted by Crippen LogP contribution is 2.19. The zero-order chi connectivity index (χ0) is 11.5. The number of furan rings is 1. The molecule has 0 bridgehead atoms. The van der Waals surface area contributed by atoms with E-state index in [1.165, 1.54) is 12.5 Å². The Kier molecular flexibility index (Phi) is 3.26. The second-order valence-corrected chi connectivity index (χ2v) is 4.06. The van der Waals surface area contributed by atoms with E-state index in [2.05, 4.69) is 0 Å². The first kappa shape index (κ1) is 11.2. The summed E-state index contributed by atoms with van der Waals surface area (Å²) in [5.74, 6) is -0.189. The minimum atomic E-state index is -0.994. The Bertz CT molecular complexity index is 344. The molecule has 2 unspecified atom stereocenters. The molecular weight excluding hydrogens is 208 g/mol. The molecule has 1 aliphatic heterocycles. The van der Waals surface area contributed by atoms with Crippen LogP contribution in [0.15, 0.2) is 23.0 Å². The quantitative estimate of drug-likeness (QED) is 0.772. The molecule has 2 atom stereocenters. The SMILES string of the molecule is NC(C(=O)N1CCCC1)C(O)c1ccoc1. The zero-order valence-electron chi connectivity index (χ0n) is 9.00. The van der Waals surface area contributed by atoms with E-state index in [1.807, 2.05) is 0 Å². The minimum absolute atomic E-state index is 0.189. The maximum Gasteiger partial charge on any atom is 0.242 e. The monoisotopic (exact) mass is 224 g/mol. The summed E-state index contributed by atoms with van der Waals surface area (Å²) in [4.78, 5) is 13.6. The molecule has 5 nitrogen and oxygen atoms in total. The first-order chi connectivity index (χ1) is 7.70. The Hall–Kier alpha value is -1.33. The smallest absolute Gasteiger partial charge is 0.242 e. The number of carbonyl (C=O) groups excluding carboxylic acids is 1. The number of nitrogens with zero attached hydrogens (tertiary/aromatic N) is 1. The Balaban J connectivity index is 2.01. The predicted octanol–water partition coefficient (Wildman–Crippen LogP) is 0.263. The molecule has 1 aromatic heterocycles. The molecule has 0 aromatic carbocycles. The summed E-state index contributed by atoms with van der Waals surface area (Å²) in [6.07, 6.45) is 3.89. The van der Waals surface area contributed by atoms with Crippen LogP contribution in [-0.4, -0.2) is 35.0 Å². The topological polar surface area (TPSA) is 79.7 Å². The van der Waals surface area contributed by atoms with E-state index in [4.69, 9.17) is 10.2 Å². The standard InChI is InChI=1S/C11H16N2O3/c12-9(10(14)8-3-6-16-7-8)11(15)13-4-1-2-5-13/h3,6-7,9-10,14H,1-2,4-5,12H2. The number of hydrogen-bond acceptors (Lipinski definition) is 4. The van der Waals surface area contributed by atoms with Crippen LogP contribution in [0.3, 0.4) is 0 Å². The van der Waals surface area contributed by atoms with Crippen LogP contribution < -0.4 is 5.73 Å². The van der Waals surface area contributed by atoms with Gasteiger partial charge in [0.1, 0.15) is 12.1 Å². The van der Waals surface area contributed by atoms with Crippen LogP contribution in [0.1, 0.15) is 24.5 Å². The van der Waals surface area contributed by atoms with E-state index in [0.29, 0.717) is 5.56 Å². The number of aliphatic hydroxyl groups excluding tert-OH is 1. The van der Waals surface area contributed by atoms with Crippen LogP contribution in [0.5, 0.6) is 0 Å². The van der Waals surface area contributed by atoms with E-state index < -0.39 is 12.1 Å². The summed E-state index contributed by atoms with van der Waals surface area (Å²) >= 11 is 0. The number of likely N-dealkylation sites (tertiary alicyclic amines) is 1. The number of carbonyl (C=O) groups is 1. The minimum Gasteiger partial charge on any atom is -0.472 e. The predicted molar refractivity (Wildman–Crippen MR) is 57.5 cm³/mol. The third kappa shape index (κ3) is 2.10. The van der Waals surface area contributed by atoms with Gasteiger partial charge in [-0.1, -0.05) is 0 Å². The average molecular weight is 224 g/mol. The molecule has 2 rings (SSSR count). The molecule has 1 saturated heterocycles. The fourth-order valence-corrected chi connectivity index (χ4v) is 1.93. The summed E-state index contributed by atoms with van der Waals surface area (Å²) in [7, 11) is 0. The molecule has 5 heteroatoms. The van der Waals surface area contributed by atoms with Gasteiger partial charge in [0.2, 0.25) is 5.91 Å². The summed E-state index contributed by atoms with van der Waals surface area (Å²) < 4.78 is 4.85. The fraction of sp³-hybridized carbons (Fsp3) is 0.545. The van der Waals surface area contributed by atoms with Gasteiger partial charge in [-0.3, -0.25) is 4.79 Å². The van der Waals surface area contributed by atoms with Crippen LogP contribution in [0.25, 0.3) is 0 Å². The van der Waals surface area contributed by atoms with Crippen molar-refractivity contribution in [2.75, 3.05) is 13.1 Å². The first-order valence-electron chi connectivity index (χ1n) is 5.44. The van der Waals surface area contributed by atoms with Crippen LogP contribution in [0.4, 0.5) is 0 Å². The second kappa shape index (κ2) is 4.67. The number of rotatable bonds is 3. The van der Waals surface area contributed by atoms with E-state index >= 15 is 0 Å². The highest BCUT2D eigenvalue weighted by molar-refractivity contribution is 5.82. The van der Waals surface area contributed by atoms with Crippen molar-refractivity contribution >= 4 is 5.91 Å². The van der Waals surface area contributed by atoms with Crippen molar-refractivity contribution in [1.82, 2.24) is 4.90 Å². The lowest BCUT2D eigenvalue weighted by molar-refractivity contribution is -0.134. The second-order valence-electron chi connectivity index (χ2n) is 4.06. The molecule has 88 valence electrons. The van der Waals surface area contributed by atoms with Crippen molar-refractivity contribution in [3.8, 4) is 0 Å². The summed E-state index contributed by atoms with van der Waals surface area (Å²) in [5, 5.41) is 9.88. The van der Waals surface area contributed by atoms with Gasteiger partial charge >= 0.3 is 0 Å². The third-order valence-corrected chi connectivity index (χ3v) is 2.93. The number of hydrogen-bond donors (Lipinski definition) is 2. The third-order valence-electron chi connectivity index (χ3n) is 2.93. The molecule has 1 aromatic rings. The van der Waals surface area contributed by atoms with Gasteiger partial charge in [0.05, 0.1) is 12.5 Å². The van der Waals surface area contributed by atoms with E-state index in [0.717, 1.165) is 25.9 Å². The van der Waals surface area contributed by atoms with Gasteiger partial charge in [-0.2, -0.15) is 0 Å². The van der Waals surface area contributed by atoms with Crippen LogP contribution in [0.2, 0.25) is 0 Å². The number of amides is 1. The lowest BCUT2D eigenvalue weighted by Gasteiger charge is -2.23. The molecule has 0 spiro atoms. The molecule has 1 amide bonds. The van der Waals surface area contributed by atoms with Crippen molar-refractivity contribution in [3.63, 3.8) is 0 Å². The Morgan fingerprint density at radius 3 is 2.75 bits per heavy atom. The van der Waals surface area contributed by atoms with Gasteiger partial charge in [-0.05, 0) is 18.9 Å². The number of aliphatic hydroxyl groups is 1. The Morgan fingerprint density at radius 1 is 1.50 bits per heavy atom. The Morgan fingerprint density at radius 2 is 2.19 bits per heavy atom. The largest absolute Gasteiger partial charge is 0.472 e. The van der Waals surface area contributed by atoms with Gasteiger partial charge < -0.3 is 20.2 Å². The van der Waals surface area contributed by atoms with Crippen molar-refractivity contribution in [1.29, 1.82) is 0 Å². The maximum atomic E-state index is 11.9. The van der Waals surface area contributed by atoms with Crippen LogP contribution in [-0.2, 0) is 4.79 Å². The van der Waals surface area contributed by atoms with Crippen LogP contribution in [0, 0.1) is 0 Å². The lowest BCUT2D eigenvalue weighted by atomic mass is 10.1. The number of nitrogens with two attached hydrogens (primary N) is 1. The molecule has 3 N–H and O–H groups in total. The van der Waals surface area contributed by atoms with Gasteiger partial charge in [0.15, 0.2) is 0 Å². The van der Waals surface area contributed by atoms with E-state index in [1.54, 1.807) is 11.0 Å². The normalized spacial score (nSPS) is 19.8. The molecule has 1 aliphatic rings. The van der Waals surface area contributed by atoms with Gasteiger partial charge in [-0.15, -0.1) is 0 Å². The molecule has 0 radical (unpaired) electrons. The molecule has 0 saturated carbocycles.